The molecule has 0 radical (unpaired) electrons. The lowest BCUT2D eigenvalue weighted by Crippen LogP contribution is -2.29. The van der Waals surface area contributed by atoms with Crippen molar-refractivity contribution in [3.8, 4) is 5.75 Å². The van der Waals surface area contributed by atoms with Crippen LogP contribution in [-0.4, -0.2) is 25.5 Å². The molecule has 1 aromatic carbocycles. The standard InChI is InChI=1S/C15H20F2N2O2.ClH/c16-14(17)9-21-13-7-2-1-6-12(13)19-15(20)11-5-3-4-10(11)8-18;/h1-2,6-7,10-11,14H,3-5,8-9,18H2,(H,19,20);1H/t10-,11-;/m1./s1. The number of halogens is 3. The molecule has 0 aliphatic heterocycles. The molecule has 1 aromatic rings. The Bertz CT molecular complexity index is 488. The summed E-state index contributed by atoms with van der Waals surface area (Å²) >= 11 is 0. The zero-order valence-corrected chi connectivity index (χ0v) is 13.0. The molecule has 1 amide bonds. The Kier molecular flexibility index (Phi) is 7.55. The van der Waals surface area contributed by atoms with Gasteiger partial charge in [0.05, 0.1) is 5.69 Å². The van der Waals surface area contributed by atoms with Gasteiger partial charge in [-0.2, -0.15) is 0 Å². The summed E-state index contributed by atoms with van der Waals surface area (Å²) in [7, 11) is 0. The van der Waals surface area contributed by atoms with Gasteiger partial charge in [-0.15, -0.1) is 12.4 Å². The van der Waals surface area contributed by atoms with E-state index in [-0.39, 0.29) is 35.9 Å². The number of hydrogen-bond acceptors (Lipinski definition) is 3. The SMILES string of the molecule is Cl.NC[C@H]1CCC[C@H]1C(=O)Nc1ccccc1OCC(F)F. The minimum atomic E-state index is -2.55. The van der Waals surface area contributed by atoms with Gasteiger partial charge in [0.25, 0.3) is 6.43 Å². The molecule has 0 saturated heterocycles. The summed E-state index contributed by atoms with van der Waals surface area (Å²) in [5, 5.41) is 2.78. The third-order valence-corrected chi connectivity index (χ3v) is 3.81. The first kappa shape index (κ1) is 18.6. The zero-order valence-electron chi connectivity index (χ0n) is 12.1. The van der Waals surface area contributed by atoms with Crippen LogP contribution in [0.1, 0.15) is 19.3 Å². The molecule has 22 heavy (non-hydrogen) atoms. The molecule has 7 heteroatoms. The Morgan fingerprint density at radius 3 is 2.77 bits per heavy atom. The van der Waals surface area contributed by atoms with Gasteiger partial charge in [0.2, 0.25) is 5.91 Å². The van der Waals surface area contributed by atoms with Gasteiger partial charge in [-0.05, 0) is 37.4 Å². The number of ether oxygens (including phenoxy) is 1. The number of alkyl halides is 2. The molecule has 3 N–H and O–H groups in total. The number of anilines is 1. The lowest BCUT2D eigenvalue weighted by Gasteiger charge is -2.18. The van der Waals surface area contributed by atoms with E-state index in [9.17, 15) is 13.6 Å². The van der Waals surface area contributed by atoms with Crippen molar-refractivity contribution in [2.75, 3.05) is 18.5 Å². The predicted octanol–water partition coefficient (Wildman–Crippen LogP) is 3.07. The zero-order chi connectivity index (χ0) is 15.2. The monoisotopic (exact) mass is 334 g/mol. The number of nitrogens with one attached hydrogen (secondary N) is 1. The van der Waals surface area contributed by atoms with Gasteiger partial charge in [0, 0.05) is 5.92 Å². The van der Waals surface area contributed by atoms with E-state index in [1.165, 1.54) is 0 Å². The summed E-state index contributed by atoms with van der Waals surface area (Å²) in [6.07, 6.45) is 0.209. The molecule has 2 atom stereocenters. The van der Waals surface area contributed by atoms with Gasteiger partial charge in [-0.25, -0.2) is 8.78 Å². The maximum absolute atomic E-state index is 12.3. The Balaban J connectivity index is 0.00000242. The van der Waals surface area contributed by atoms with Gasteiger partial charge in [0.1, 0.15) is 12.4 Å². The number of amides is 1. The summed E-state index contributed by atoms with van der Waals surface area (Å²) < 4.78 is 29.5. The molecule has 0 unspecified atom stereocenters. The number of carbonyl (C=O) groups is 1. The van der Waals surface area contributed by atoms with E-state index < -0.39 is 13.0 Å². The number of para-hydroxylation sites is 2. The Hall–Kier alpha value is -1.40. The number of hydrogen-bond donors (Lipinski definition) is 2. The topological polar surface area (TPSA) is 64.4 Å². The molecule has 124 valence electrons. The van der Waals surface area contributed by atoms with Gasteiger partial charge in [-0.3, -0.25) is 4.79 Å². The lowest BCUT2D eigenvalue weighted by molar-refractivity contribution is -0.120. The third kappa shape index (κ3) is 4.81. The van der Waals surface area contributed by atoms with Crippen molar-refractivity contribution >= 4 is 24.0 Å². The highest BCUT2D eigenvalue weighted by molar-refractivity contribution is 5.94. The van der Waals surface area contributed by atoms with E-state index in [0.717, 1.165) is 19.3 Å². The molecule has 1 saturated carbocycles. The van der Waals surface area contributed by atoms with Crippen LogP contribution in [0.4, 0.5) is 14.5 Å². The average Bonchev–Trinajstić information content (AvgIpc) is 2.94. The fourth-order valence-corrected chi connectivity index (χ4v) is 2.74. The molecule has 4 nitrogen and oxygen atoms in total. The van der Waals surface area contributed by atoms with Crippen LogP contribution < -0.4 is 15.8 Å². The quantitative estimate of drug-likeness (QED) is 0.840. The fourth-order valence-electron chi connectivity index (χ4n) is 2.74. The van der Waals surface area contributed by atoms with Crippen molar-refractivity contribution < 1.29 is 18.3 Å². The highest BCUT2D eigenvalue weighted by atomic mass is 35.5. The van der Waals surface area contributed by atoms with E-state index in [4.69, 9.17) is 10.5 Å². The van der Waals surface area contributed by atoms with Crippen LogP contribution in [0.5, 0.6) is 5.75 Å². The molecule has 0 heterocycles. The number of carbonyl (C=O) groups excluding carboxylic acids is 1. The first-order chi connectivity index (χ1) is 10.1. The van der Waals surface area contributed by atoms with Crippen molar-refractivity contribution in [3.63, 3.8) is 0 Å². The minimum Gasteiger partial charge on any atom is -0.485 e. The van der Waals surface area contributed by atoms with Crippen molar-refractivity contribution in [2.45, 2.75) is 25.7 Å². The molecule has 2 rings (SSSR count). The van der Waals surface area contributed by atoms with E-state index >= 15 is 0 Å². The molecule has 0 bridgehead atoms. The van der Waals surface area contributed by atoms with E-state index in [1.54, 1.807) is 24.3 Å². The molecule has 1 fully saturated rings. The van der Waals surface area contributed by atoms with Crippen LogP contribution in [-0.2, 0) is 4.79 Å². The largest absolute Gasteiger partial charge is 0.485 e. The summed E-state index contributed by atoms with van der Waals surface area (Å²) in [5.74, 6) is 0.224. The molecule has 0 spiro atoms. The van der Waals surface area contributed by atoms with Crippen molar-refractivity contribution in [3.05, 3.63) is 24.3 Å². The first-order valence-electron chi connectivity index (χ1n) is 7.12. The minimum absolute atomic E-state index is 0. The van der Waals surface area contributed by atoms with Crippen LogP contribution in [0.15, 0.2) is 24.3 Å². The number of rotatable bonds is 6. The van der Waals surface area contributed by atoms with E-state index in [0.29, 0.717) is 12.2 Å². The summed E-state index contributed by atoms with van der Waals surface area (Å²) in [5.41, 5.74) is 6.10. The smallest absolute Gasteiger partial charge is 0.272 e. The molecular formula is C15H21ClF2N2O2. The highest BCUT2D eigenvalue weighted by Crippen LogP contribution is 2.33. The first-order valence-corrected chi connectivity index (χ1v) is 7.12. The fraction of sp³-hybridized carbons (Fsp3) is 0.533. The molecule has 1 aliphatic carbocycles. The molecular weight excluding hydrogens is 314 g/mol. The average molecular weight is 335 g/mol. The van der Waals surface area contributed by atoms with Crippen molar-refractivity contribution in [1.82, 2.24) is 0 Å². The number of nitrogens with two attached hydrogens (primary N) is 1. The van der Waals surface area contributed by atoms with E-state index in [2.05, 4.69) is 5.32 Å². The van der Waals surface area contributed by atoms with Crippen LogP contribution >= 0.6 is 12.4 Å². The highest BCUT2D eigenvalue weighted by Gasteiger charge is 2.32. The van der Waals surface area contributed by atoms with Crippen molar-refractivity contribution in [2.24, 2.45) is 17.6 Å². The van der Waals surface area contributed by atoms with Gasteiger partial charge >= 0.3 is 0 Å². The second-order valence-corrected chi connectivity index (χ2v) is 5.22. The lowest BCUT2D eigenvalue weighted by atomic mass is 9.95. The maximum atomic E-state index is 12.3. The molecule has 0 aromatic heterocycles. The maximum Gasteiger partial charge on any atom is 0.272 e. The van der Waals surface area contributed by atoms with Crippen LogP contribution in [0.3, 0.4) is 0 Å². The summed E-state index contributed by atoms with van der Waals surface area (Å²) in [6.45, 7) is -0.205. The van der Waals surface area contributed by atoms with Crippen LogP contribution in [0.25, 0.3) is 0 Å². The van der Waals surface area contributed by atoms with Gasteiger partial charge in [-0.1, -0.05) is 18.6 Å². The van der Waals surface area contributed by atoms with Gasteiger partial charge in [0.15, 0.2) is 0 Å². The van der Waals surface area contributed by atoms with E-state index in [1.807, 2.05) is 0 Å². The predicted molar refractivity (Wildman–Crippen MR) is 83.7 cm³/mol. The van der Waals surface area contributed by atoms with Crippen LogP contribution in [0.2, 0.25) is 0 Å². The number of benzene rings is 1. The second kappa shape index (κ2) is 8.90. The third-order valence-electron chi connectivity index (χ3n) is 3.81. The normalized spacial score (nSPS) is 20.5. The Labute approximate surface area is 134 Å². The Morgan fingerprint density at radius 1 is 1.36 bits per heavy atom. The summed E-state index contributed by atoms with van der Waals surface area (Å²) in [6, 6.07) is 6.60. The molecule has 1 aliphatic rings. The van der Waals surface area contributed by atoms with Gasteiger partial charge < -0.3 is 15.8 Å². The second-order valence-electron chi connectivity index (χ2n) is 5.22. The van der Waals surface area contributed by atoms with Crippen LogP contribution in [0, 0.1) is 11.8 Å². The van der Waals surface area contributed by atoms with Crippen molar-refractivity contribution in [1.29, 1.82) is 0 Å². The Morgan fingerprint density at radius 2 is 2.09 bits per heavy atom. The summed E-state index contributed by atoms with van der Waals surface area (Å²) in [4.78, 5) is 12.3.